The van der Waals surface area contributed by atoms with Gasteiger partial charge >= 0.3 is 0 Å². The molecule has 0 saturated heterocycles. The molecular formula is C9H11BrN2O2S2. The van der Waals surface area contributed by atoms with Crippen LogP contribution in [0.4, 0.5) is 5.69 Å². The number of anilines is 1. The van der Waals surface area contributed by atoms with Crippen molar-refractivity contribution in [2.75, 3.05) is 10.5 Å². The van der Waals surface area contributed by atoms with Crippen LogP contribution in [0, 0.1) is 6.92 Å². The van der Waals surface area contributed by atoms with Gasteiger partial charge in [0.25, 0.3) is 0 Å². The van der Waals surface area contributed by atoms with Crippen LogP contribution in [0.2, 0.25) is 0 Å². The monoisotopic (exact) mass is 322 g/mol. The number of nitrogens with two attached hydrogens (primary N) is 1. The highest BCUT2D eigenvalue weighted by Gasteiger charge is 2.14. The molecule has 0 aliphatic heterocycles. The lowest BCUT2D eigenvalue weighted by Crippen LogP contribution is -2.26. The van der Waals surface area contributed by atoms with Crippen molar-refractivity contribution in [3.05, 3.63) is 28.2 Å². The summed E-state index contributed by atoms with van der Waals surface area (Å²) >= 11 is 7.87. The molecule has 1 aromatic carbocycles. The lowest BCUT2D eigenvalue weighted by molar-refractivity contribution is 0.605. The summed E-state index contributed by atoms with van der Waals surface area (Å²) in [5.74, 6) is -0.358. The Morgan fingerprint density at radius 1 is 1.56 bits per heavy atom. The number of hydrogen-bond donors (Lipinski definition) is 2. The molecule has 0 bridgehead atoms. The van der Waals surface area contributed by atoms with Crippen molar-refractivity contribution in [2.24, 2.45) is 5.73 Å². The lowest BCUT2D eigenvalue weighted by Gasteiger charge is -2.10. The molecule has 16 heavy (non-hydrogen) atoms. The summed E-state index contributed by atoms with van der Waals surface area (Å²) in [5.41, 5.74) is 6.62. The maximum Gasteiger partial charge on any atom is 0.239 e. The molecule has 0 aliphatic rings. The molecule has 0 aromatic heterocycles. The van der Waals surface area contributed by atoms with Gasteiger partial charge in [-0.15, -0.1) is 0 Å². The Bertz CT molecular complexity index is 514. The molecule has 0 spiro atoms. The zero-order chi connectivity index (χ0) is 12.3. The van der Waals surface area contributed by atoms with Gasteiger partial charge in [-0.1, -0.05) is 24.4 Å². The average Bonchev–Trinajstić information content (AvgIpc) is 2.10. The average molecular weight is 323 g/mol. The van der Waals surface area contributed by atoms with E-state index in [0.717, 1.165) is 5.56 Å². The first-order valence-corrected chi connectivity index (χ1v) is 7.21. The quantitative estimate of drug-likeness (QED) is 0.829. The maximum absolute atomic E-state index is 11.6. The van der Waals surface area contributed by atoms with Gasteiger partial charge in [0.1, 0.15) is 5.75 Å². The van der Waals surface area contributed by atoms with Crippen molar-refractivity contribution in [3.8, 4) is 0 Å². The molecule has 4 nitrogen and oxygen atoms in total. The topological polar surface area (TPSA) is 72.2 Å². The van der Waals surface area contributed by atoms with E-state index in [4.69, 9.17) is 5.73 Å². The fourth-order valence-corrected chi connectivity index (χ4v) is 3.03. The molecule has 0 atom stereocenters. The minimum atomic E-state index is -3.52. The van der Waals surface area contributed by atoms with Gasteiger partial charge < -0.3 is 5.73 Å². The van der Waals surface area contributed by atoms with E-state index in [0.29, 0.717) is 10.2 Å². The summed E-state index contributed by atoms with van der Waals surface area (Å²) < 4.78 is 26.3. The van der Waals surface area contributed by atoms with Crippen LogP contribution in [0.1, 0.15) is 5.56 Å². The van der Waals surface area contributed by atoms with Crippen molar-refractivity contribution >= 4 is 48.8 Å². The number of thiocarbonyl (C=S) groups is 1. The summed E-state index contributed by atoms with van der Waals surface area (Å²) in [6, 6.07) is 5.29. The Kier molecular flexibility index (Phi) is 4.28. The van der Waals surface area contributed by atoms with Crippen molar-refractivity contribution in [1.29, 1.82) is 0 Å². The summed E-state index contributed by atoms with van der Waals surface area (Å²) in [6.07, 6.45) is 0. The van der Waals surface area contributed by atoms with Crippen LogP contribution in [0.25, 0.3) is 0 Å². The Morgan fingerprint density at radius 3 is 2.75 bits per heavy atom. The van der Waals surface area contributed by atoms with E-state index in [1.807, 2.05) is 13.0 Å². The molecule has 1 aromatic rings. The van der Waals surface area contributed by atoms with E-state index in [9.17, 15) is 8.42 Å². The van der Waals surface area contributed by atoms with Crippen LogP contribution >= 0.6 is 28.1 Å². The summed E-state index contributed by atoms with van der Waals surface area (Å²) in [4.78, 5) is -0.0590. The fraction of sp³-hybridized carbons (Fsp3) is 0.222. The Balaban J connectivity index is 2.97. The van der Waals surface area contributed by atoms with Gasteiger partial charge in [-0.05, 0) is 34.5 Å². The van der Waals surface area contributed by atoms with Gasteiger partial charge in [-0.25, -0.2) is 8.42 Å². The molecule has 0 saturated carbocycles. The van der Waals surface area contributed by atoms with Crippen molar-refractivity contribution in [3.63, 3.8) is 0 Å². The van der Waals surface area contributed by atoms with E-state index < -0.39 is 10.0 Å². The summed E-state index contributed by atoms with van der Waals surface area (Å²) in [7, 11) is -3.52. The maximum atomic E-state index is 11.6. The minimum absolute atomic E-state index is 0.0590. The number of sulfonamides is 1. The van der Waals surface area contributed by atoms with E-state index >= 15 is 0 Å². The van der Waals surface area contributed by atoms with Gasteiger partial charge in [-0.2, -0.15) is 0 Å². The highest BCUT2D eigenvalue weighted by molar-refractivity contribution is 9.10. The number of halogens is 1. The third-order valence-electron chi connectivity index (χ3n) is 1.79. The smallest absolute Gasteiger partial charge is 0.239 e. The molecule has 0 aliphatic carbocycles. The van der Waals surface area contributed by atoms with Crippen molar-refractivity contribution in [2.45, 2.75) is 6.92 Å². The molecule has 0 radical (unpaired) electrons. The molecule has 0 amide bonds. The Labute approximate surface area is 108 Å². The standard InChI is InChI=1S/C9H11BrN2O2S2/c1-6-3-2-4-7(9(6)10)12-16(13,14)5-8(11)15/h2-4,12H,5H2,1H3,(H2,11,15). The van der Waals surface area contributed by atoms with E-state index in [-0.39, 0.29) is 10.7 Å². The number of nitrogens with one attached hydrogen (secondary N) is 1. The van der Waals surface area contributed by atoms with Gasteiger partial charge in [0.2, 0.25) is 10.0 Å². The third kappa shape index (κ3) is 3.73. The van der Waals surface area contributed by atoms with Gasteiger partial charge in [-0.3, -0.25) is 4.72 Å². The van der Waals surface area contributed by atoms with E-state index in [1.54, 1.807) is 12.1 Å². The number of benzene rings is 1. The van der Waals surface area contributed by atoms with Crippen molar-refractivity contribution < 1.29 is 8.42 Å². The highest BCUT2D eigenvalue weighted by Crippen LogP contribution is 2.26. The van der Waals surface area contributed by atoms with E-state index in [2.05, 4.69) is 32.9 Å². The number of hydrogen-bond acceptors (Lipinski definition) is 3. The first kappa shape index (κ1) is 13.4. The van der Waals surface area contributed by atoms with Crippen LogP contribution < -0.4 is 10.5 Å². The number of aryl methyl sites for hydroxylation is 1. The van der Waals surface area contributed by atoms with Gasteiger partial charge in [0.15, 0.2) is 0 Å². The van der Waals surface area contributed by atoms with Gasteiger partial charge in [0, 0.05) is 4.47 Å². The Morgan fingerprint density at radius 2 is 2.19 bits per heavy atom. The molecular weight excluding hydrogens is 312 g/mol. The predicted molar refractivity (Wildman–Crippen MR) is 73.1 cm³/mol. The summed E-state index contributed by atoms with van der Waals surface area (Å²) in [6.45, 7) is 1.87. The molecule has 88 valence electrons. The zero-order valence-electron chi connectivity index (χ0n) is 8.53. The van der Waals surface area contributed by atoms with Crippen LogP contribution in [-0.4, -0.2) is 19.2 Å². The fourth-order valence-electron chi connectivity index (χ4n) is 1.12. The zero-order valence-corrected chi connectivity index (χ0v) is 11.7. The normalized spacial score (nSPS) is 11.1. The second-order valence-corrected chi connectivity index (χ2v) is 6.30. The molecule has 0 heterocycles. The van der Waals surface area contributed by atoms with Crippen LogP contribution in [-0.2, 0) is 10.0 Å². The molecule has 0 fully saturated rings. The van der Waals surface area contributed by atoms with Crippen molar-refractivity contribution in [1.82, 2.24) is 0 Å². The molecule has 1 rings (SSSR count). The summed E-state index contributed by atoms with van der Waals surface area (Å²) in [5, 5.41) is 0. The largest absolute Gasteiger partial charge is 0.392 e. The Hall–Kier alpha value is -0.660. The van der Waals surface area contributed by atoms with Crippen LogP contribution in [0.15, 0.2) is 22.7 Å². The lowest BCUT2D eigenvalue weighted by atomic mass is 10.2. The van der Waals surface area contributed by atoms with Crippen LogP contribution in [0.3, 0.4) is 0 Å². The molecule has 0 unspecified atom stereocenters. The minimum Gasteiger partial charge on any atom is -0.392 e. The molecule has 7 heteroatoms. The third-order valence-corrected chi connectivity index (χ3v) is 4.39. The first-order chi connectivity index (χ1) is 7.32. The highest BCUT2D eigenvalue weighted by atomic mass is 79.9. The predicted octanol–water partition coefficient (Wildman–Crippen LogP) is 1.79. The molecule has 3 N–H and O–H groups in total. The van der Waals surface area contributed by atoms with Crippen LogP contribution in [0.5, 0.6) is 0 Å². The second-order valence-electron chi connectivity index (χ2n) is 3.26. The van der Waals surface area contributed by atoms with Gasteiger partial charge in [0.05, 0.1) is 10.7 Å². The van der Waals surface area contributed by atoms with E-state index in [1.165, 1.54) is 0 Å². The SMILES string of the molecule is Cc1cccc(NS(=O)(=O)CC(N)=S)c1Br. The first-order valence-electron chi connectivity index (χ1n) is 4.36. The second kappa shape index (κ2) is 5.11. The number of rotatable bonds is 4.